The molecule has 0 aliphatic carbocycles. The van der Waals surface area contributed by atoms with E-state index in [-0.39, 0.29) is 30.3 Å². The van der Waals surface area contributed by atoms with E-state index in [2.05, 4.69) is 10.1 Å². The molecule has 1 aromatic carbocycles. The molecule has 5 nitrogen and oxygen atoms in total. The molecule has 0 spiro atoms. The molecule has 1 aliphatic rings. The Bertz CT molecular complexity index is 513. The highest BCUT2D eigenvalue weighted by atomic mass is 19.3. The highest BCUT2D eigenvalue weighted by Crippen LogP contribution is 2.25. The molecule has 2 amide bonds. The summed E-state index contributed by atoms with van der Waals surface area (Å²) in [6, 6.07) is 5.27. The molecule has 22 heavy (non-hydrogen) atoms. The summed E-state index contributed by atoms with van der Waals surface area (Å²) >= 11 is 0. The molecule has 122 valence electrons. The van der Waals surface area contributed by atoms with Crippen molar-refractivity contribution in [2.24, 2.45) is 5.92 Å². The first kappa shape index (κ1) is 16.5. The number of carbonyl (C=O) groups is 1. The first-order chi connectivity index (χ1) is 10.5. The van der Waals surface area contributed by atoms with E-state index in [1.807, 2.05) is 6.92 Å². The second-order valence-electron chi connectivity index (χ2n) is 5.40. The van der Waals surface area contributed by atoms with Crippen LogP contribution < -0.4 is 10.1 Å². The molecule has 0 saturated carbocycles. The predicted octanol–water partition coefficient (Wildman–Crippen LogP) is 2.91. The fourth-order valence-electron chi connectivity index (χ4n) is 2.72. The molecule has 0 bridgehead atoms. The number of hydrogen-bond donors (Lipinski definition) is 2. The number of aliphatic hydroxyl groups is 1. The van der Waals surface area contributed by atoms with Gasteiger partial charge in [-0.15, -0.1) is 0 Å². The van der Waals surface area contributed by atoms with Crippen LogP contribution >= 0.6 is 0 Å². The SMILES string of the molecule is CC1CCCN(C(=O)Nc2cccc(OC(F)F)c2)C1CO. The summed E-state index contributed by atoms with van der Waals surface area (Å²) < 4.78 is 28.7. The largest absolute Gasteiger partial charge is 0.435 e. The summed E-state index contributed by atoms with van der Waals surface area (Å²) in [5.74, 6) is 0.205. The summed E-state index contributed by atoms with van der Waals surface area (Å²) in [5.41, 5.74) is 0.373. The van der Waals surface area contributed by atoms with Gasteiger partial charge in [-0.2, -0.15) is 8.78 Å². The normalized spacial score (nSPS) is 21.8. The lowest BCUT2D eigenvalue weighted by molar-refractivity contribution is -0.0498. The summed E-state index contributed by atoms with van der Waals surface area (Å²) in [6.45, 7) is -0.442. The highest BCUT2D eigenvalue weighted by Gasteiger charge is 2.31. The molecule has 0 aromatic heterocycles. The summed E-state index contributed by atoms with van der Waals surface area (Å²) in [5, 5.41) is 12.1. The Morgan fingerprint density at radius 3 is 3.00 bits per heavy atom. The first-order valence-electron chi connectivity index (χ1n) is 7.24. The van der Waals surface area contributed by atoms with Crippen molar-refractivity contribution in [1.29, 1.82) is 0 Å². The number of likely N-dealkylation sites (tertiary alicyclic amines) is 1. The Morgan fingerprint density at radius 1 is 1.55 bits per heavy atom. The van der Waals surface area contributed by atoms with Crippen LogP contribution in [0, 0.1) is 5.92 Å². The monoisotopic (exact) mass is 314 g/mol. The number of nitrogens with zero attached hydrogens (tertiary/aromatic N) is 1. The van der Waals surface area contributed by atoms with Gasteiger partial charge in [0.1, 0.15) is 5.75 Å². The minimum absolute atomic E-state index is 0.0153. The zero-order valence-electron chi connectivity index (χ0n) is 12.3. The molecule has 1 aliphatic heterocycles. The average Bonchev–Trinajstić information content (AvgIpc) is 2.46. The topological polar surface area (TPSA) is 61.8 Å². The number of aliphatic hydroxyl groups excluding tert-OH is 1. The molecular weight excluding hydrogens is 294 g/mol. The number of alkyl halides is 2. The zero-order chi connectivity index (χ0) is 16.1. The third kappa shape index (κ3) is 4.07. The Morgan fingerprint density at radius 2 is 2.32 bits per heavy atom. The van der Waals surface area contributed by atoms with Crippen LogP contribution in [0.25, 0.3) is 0 Å². The molecule has 1 fully saturated rings. The Kier molecular flexibility index (Phi) is 5.54. The number of anilines is 1. The van der Waals surface area contributed by atoms with Gasteiger partial charge in [0.2, 0.25) is 0 Å². The van der Waals surface area contributed by atoms with Crippen LogP contribution in [0.4, 0.5) is 19.3 Å². The summed E-state index contributed by atoms with van der Waals surface area (Å²) in [6.07, 6.45) is 1.84. The van der Waals surface area contributed by atoms with Gasteiger partial charge in [0.25, 0.3) is 0 Å². The molecule has 7 heteroatoms. The molecule has 1 heterocycles. The third-order valence-corrected chi connectivity index (χ3v) is 3.87. The predicted molar refractivity (Wildman–Crippen MR) is 78.1 cm³/mol. The van der Waals surface area contributed by atoms with Crippen molar-refractivity contribution in [3.63, 3.8) is 0 Å². The lowest BCUT2D eigenvalue weighted by atomic mass is 9.91. The van der Waals surface area contributed by atoms with Gasteiger partial charge in [-0.05, 0) is 30.9 Å². The maximum absolute atomic E-state index is 12.3. The number of piperidine rings is 1. The van der Waals surface area contributed by atoms with E-state index in [0.29, 0.717) is 12.2 Å². The molecule has 1 saturated heterocycles. The van der Waals surface area contributed by atoms with Gasteiger partial charge >= 0.3 is 12.6 Å². The molecule has 0 radical (unpaired) electrons. The van der Waals surface area contributed by atoms with Gasteiger partial charge in [0.15, 0.2) is 0 Å². The van der Waals surface area contributed by atoms with Gasteiger partial charge in [-0.3, -0.25) is 0 Å². The molecule has 2 atom stereocenters. The molecule has 2 rings (SSSR count). The van der Waals surface area contributed by atoms with Gasteiger partial charge in [-0.25, -0.2) is 4.79 Å². The van der Waals surface area contributed by atoms with Crippen molar-refractivity contribution < 1.29 is 23.4 Å². The van der Waals surface area contributed by atoms with Crippen molar-refractivity contribution in [2.75, 3.05) is 18.5 Å². The van der Waals surface area contributed by atoms with Crippen LogP contribution in [-0.4, -0.2) is 41.8 Å². The van der Waals surface area contributed by atoms with E-state index in [9.17, 15) is 18.7 Å². The third-order valence-electron chi connectivity index (χ3n) is 3.87. The van der Waals surface area contributed by atoms with Crippen LogP contribution in [0.3, 0.4) is 0 Å². The number of rotatable bonds is 4. The van der Waals surface area contributed by atoms with Crippen molar-refractivity contribution in [3.8, 4) is 5.75 Å². The fraction of sp³-hybridized carbons (Fsp3) is 0.533. The molecule has 2 N–H and O–H groups in total. The number of nitrogens with one attached hydrogen (secondary N) is 1. The van der Waals surface area contributed by atoms with Crippen LogP contribution in [0.2, 0.25) is 0 Å². The number of hydrogen-bond acceptors (Lipinski definition) is 3. The zero-order valence-corrected chi connectivity index (χ0v) is 12.3. The Hall–Kier alpha value is -1.89. The summed E-state index contributed by atoms with van der Waals surface area (Å²) in [4.78, 5) is 13.9. The number of carbonyl (C=O) groups excluding carboxylic acids is 1. The van der Waals surface area contributed by atoms with E-state index in [1.54, 1.807) is 11.0 Å². The first-order valence-corrected chi connectivity index (χ1v) is 7.24. The average molecular weight is 314 g/mol. The smallest absolute Gasteiger partial charge is 0.387 e. The molecule has 2 unspecified atom stereocenters. The van der Waals surface area contributed by atoms with Gasteiger partial charge in [0, 0.05) is 18.3 Å². The number of halogens is 2. The van der Waals surface area contributed by atoms with Crippen molar-refractivity contribution in [2.45, 2.75) is 32.4 Å². The lowest BCUT2D eigenvalue weighted by Crippen LogP contribution is -2.51. The standard InChI is InChI=1S/C15H20F2N2O3/c1-10-4-3-7-19(13(10)9-20)15(21)18-11-5-2-6-12(8-11)22-14(16)17/h2,5-6,8,10,13-14,20H,3-4,7,9H2,1H3,(H,18,21). The van der Waals surface area contributed by atoms with Crippen LogP contribution in [0.5, 0.6) is 5.75 Å². The van der Waals surface area contributed by atoms with Crippen LogP contribution in [-0.2, 0) is 0 Å². The van der Waals surface area contributed by atoms with E-state index in [4.69, 9.17) is 0 Å². The Balaban J connectivity index is 2.04. The maximum Gasteiger partial charge on any atom is 0.387 e. The van der Waals surface area contributed by atoms with Crippen molar-refractivity contribution in [1.82, 2.24) is 4.90 Å². The van der Waals surface area contributed by atoms with E-state index in [1.165, 1.54) is 18.2 Å². The second-order valence-corrected chi connectivity index (χ2v) is 5.40. The van der Waals surface area contributed by atoms with Gasteiger partial charge in [-0.1, -0.05) is 13.0 Å². The molecular formula is C15H20F2N2O3. The number of amides is 2. The second kappa shape index (κ2) is 7.40. The quantitative estimate of drug-likeness (QED) is 0.898. The van der Waals surface area contributed by atoms with Crippen molar-refractivity contribution >= 4 is 11.7 Å². The highest BCUT2D eigenvalue weighted by molar-refractivity contribution is 5.89. The number of urea groups is 1. The van der Waals surface area contributed by atoms with Gasteiger partial charge in [0.05, 0.1) is 12.6 Å². The number of ether oxygens (including phenoxy) is 1. The minimum atomic E-state index is -2.91. The van der Waals surface area contributed by atoms with Crippen LogP contribution in [0.15, 0.2) is 24.3 Å². The van der Waals surface area contributed by atoms with Gasteiger partial charge < -0.3 is 20.1 Å². The fourth-order valence-corrected chi connectivity index (χ4v) is 2.72. The van der Waals surface area contributed by atoms with Crippen LogP contribution in [0.1, 0.15) is 19.8 Å². The van der Waals surface area contributed by atoms with Crippen molar-refractivity contribution in [3.05, 3.63) is 24.3 Å². The molecule has 1 aromatic rings. The maximum atomic E-state index is 12.3. The summed E-state index contributed by atoms with van der Waals surface area (Å²) in [7, 11) is 0. The van der Waals surface area contributed by atoms with E-state index in [0.717, 1.165) is 12.8 Å². The van der Waals surface area contributed by atoms with E-state index < -0.39 is 6.61 Å². The van der Waals surface area contributed by atoms with E-state index >= 15 is 0 Å². The Labute approximate surface area is 127 Å². The number of benzene rings is 1. The lowest BCUT2D eigenvalue weighted by Gasteiger charge is -2.38. The minimum Gasteiger partial charge on any atom is -0.435 e.